The van der Waals surface area contributed by atoms with E-state index < -0.39 is 11.9 Å². The number of carboxylic acids is 2. The zero-order valence-corrected chi connectivity index (χ0v) is 24.3. The monoisotopic (exact) mass is 808 g/mol. The standard InChI is InChI=1S/C20H27I3O10/c21-15-13(19(25)26)16(22)18(17(23)14(15)20(27)28)33-6-2-5-30-8-10-32-12-11-31-9-7-29-4-1-3-24/h24H,1-12H2,(H,25,26)(H,27,28). The van der Waals surface area contributed by atoms with Gasteiger partial charge in [0, 0.05) is 29.8 Å². The average Bonchev–Trinajstić information content (AvgIpc) is 2.74. The molecule has 0 aliphatic rings. The van der Waals surface area contributed by atoms with E-state index in [0.29, 0.717) is 72.8 Å². The maximum absolute atomic E-state index is 11.6. The molecule has 0 amide bonds. The van der Waals surface area contributed by atoms with Gasteiger partial charge in [0.15, 0.2) is 0 Å². The molecule has 0 aliphatic carbocycles. The van der Waals surface area contributed by atoms with Gasteiger partial charge in [0.2, 0.25) is 0 Å². The van der Waals surface area contributed by atoms with Gasteiger partial charge in [-0.25, -0.2) is 9.59 Å². The SMILES string of the molecule is O=C(O)c1c(I)c(OCCCOCCOCCOCCOCCCO)c(I)c(C(=O)O)c1I. The summed E-state index contributed by atoms with van der Waals surface area (Å²) in [6, 6.07) is 0. The molecule has 33 heavy (non-hydrogen) atoms. The summed E-state index contributed by atoms with van der Waals surface area (Å²) in [4.78, 5) is 23.2. The summed E-state index contributed by atoms with van der Waals surface area (Å²) in [5.74, 6) is -2.14. The molecule has 1 aromatic rings. The lowest BCUT2D eigenvalue weighted by Gasteiger charge is -2.16. The van der Waals surface area contributed by atoms with Gasteiger partial charge in [0.05, 0.1) is 64.5 Å². The molecule has 0 heterocycles. The Morgan fingerprint density at radius 2 is 1.00 bits per heavy atom. The molecule has 0 bridgehead atoms. The number of aliphatic hydroxyl groups is 1. The molecule has 10 nitrogen and oxygen atoms in total. The van der Waals surface area contributed by atoms with Crippen LogP contribution in [0.1, 0.15) is 33.6 Å². The minimum Gasteiger partial charge on any atom is -0.491 e. The predicted molar refractivity (Wildman–Crippen MR) is 144 cm³/mol. The Bertz CT molecular complexity index is 719. The molecule has 0 radical (unpaired) electrons. The van der Waals surface area contributed by atoms with Crippen molar-refractivity contribution in [3.63, 3.8) is 0 Å². The molecule has 13 heteroatoms. The van der Waals surface area contributed by atoms with Crippen molar-refractivity contribution in [1.29, 1.82) is 0 Å². The van der Waals surface area contributed by atoms with Crippen LogP contribution in [0.4, 0.5) is 0 Å². The number of hydrogen-bond acceptors (Lipinski definition) is 8. The van der Waals surface area contributed by atoms with Crippen LogP contribution in [0.3, 0.4) is 0 Å². The molecular weight excluding hydrogens is 781 g/mol. The van der Waals surface area contributed by atoms with Crippen LogP contribution >= 0.6 is 67.8 Å². The van der Waals surface area contributed by atoms with Crippen LogP contribution in [0, 0.1) is 10.7 Å². The lowest BCUT2D eigenvalue weighted by Crippen LogP contribution is -2.15. The Balaban J connectivity index is 2.24. The first-order chi connectivity index (χ1) is 15.8. The van der Waals surface area contributed by atoms with Crippen LogP contribution in [0.2, 0.25) is 0 Å². The van der Waals surface area contributed by atoms with E-state index in [1.807, 2.05) is 45.2 Å². The maximum Gasteiger partial charge on any atom is 0.338 e. The highest BCUT2D eigenvalue weighted by Crippen LogP contribution is 2.37. The fourth-order valence-electron chi connectivity index (χ4n) is 2.41. The molecule has 0 aromatic heterocycles. The number of aliphatic hydroxyl groups excluding tert-OH is 1. The van der Waals surface area contributed by atoms with Crippen molar-refractivity contribution in [2.75, 3.05) is 66.1 Å². The van der Waals surface area contributed by atoms with Crippen LogP contribution < -0.4 is 4.74 Å². The minimum absolute atomic E-state index is 0.0735. The molecule has 0 aliphatic heterocycles. The van der Waals surface area contributed by atoms with E-state index in [9.17, 15) is 19.8 Å². The van der Waals surface area contributed by atoms with Crippen molar-refractivity contribution in [3.05, 3.63) is 21.8 Å². The first kappa shape index (κ1) is 31.0. The molecule has 0 unspecified atom stereocenters. The third kappa shape index (κ3) is 11.5. The second-order valence-electron chi connectivity index (χ2n) is 6.36. The third-order valence-corrected chi connectivity index (χ3v) is 7.08. The number of benzene rings is 1. The Kier molecular flexibility index (Phi) is 17.1. The Hall–Kier alpha value is -0.0500. The van der Waals surface area contributed by atoms with Gasteiger partial charge >= 0.3 is 11.9 Å². The molecule has 3 N–H and O–H groups in total. The molecule has 0 saturated heterocycles. The van der Waals surface area contributed by atoms with Gasteiger partial charge in [-0.15, -0.1) is 0 Å². The Labute approximate surface area is 233 Å². The van der Waals surface area contributed by atoms with E-state index in [2.05, 4.69) is 0 Å². The molecule has 0 fully saturated rings. The molecule has 0 atom stereocenters. The predicted octanol–water partition coefficient (Wildman–Crippen LogP) is 3.11. The van der Waals surface area contributed by atoms with Crippen molar-refractivity contribution in [1.82, 2.24) is 0 Å². The van der Waals surface area contributed by atoms with E-state index >= 15 is 0 Å². The third-order valence-electron chi connectivity index (χ3n) is 3.95. The summed E-state index contributed by atoms with van der Waals surface area (Å²) in [5, 5.41) is 27.6. The van der Waals surface area contributed by atoms with Crippen molar-refractivity contribution in [2.24, 2.45) is 0 Å². The van der Waals surface area contributed by atoms with E-state index in [-0.39, 0.29) is 33.7 Å². The number of carboxylic acid groups (broad SMARTS) is 2. The van der Waals surface area contributed by atoms with Gasteiger partial charge in [0.25, 0.3) is 0 Å². The van der Waals surface area contributed by atoms with Crippen molar-refractivity contribution in [3.8, 4) is 5.75 Å². The van der Waals surface area contributed by atoms with Crippen molar-refractivity contribution in [2.45, 2.75) is 12.8 Å². The topological polar surface area (TPSA) is 141 Å². The first-order valence-electron chi connectivity index (χ1n) is 10.0. The fourth-order valence-corrected chi connectivity index (χ4v) is 6.81. The highest BCUT2D eigenvalue weighted by molar-refractivity contribution is 14.1. The van der Waals surface area contributed by atoms with E-state index in [4.69, 9.17) is 28.8 Å². The second kappa shape index (κ2) is 18.3. The number of hydrogen-bond donors (Lipinski definition) is 3. The van der Waals surface area contributed by atoms with E-state index in [0.717, 1.165) is 0 Å². The van der Waals surface area contributed by atoms with Crippen LogP contribution in [0.5, 0.6) is 5.75 Å². The van der Waals surface area contributed by atoms with Crippen LogP contribution in [-0.2, 0) is 18.9 Å². The number of halogens is 3. The minimum atomic E-state index is -1.20. The maximum atomic E-state index is 11.6. The highest BCUT2D eigenvalue weighted by Gasteiger charge is 2.28. The average molecular weight is 808 g/mol. The summed E-state index contributed by atoms with van der Waals surface area (Å²) in [7, 11) is 0. The molecule has 1 aromatic carbocycles. The normalized spacial score (nSPS) is 11.0. The highest BCUT2D eigenvalue weighted by atomic mass is 127. The number of carbonyl (C=O) groups is 2. The largest absolute Gasteiger partial charge is 0.491 e. The summed E-state index contributed by atoms with van der Waals surface area (Å²) in [6.45, 7) is 4.02. The number of ether oxygens (including phenoxy) is 5. The zero-order chi connectivity index (χ0) is 24.6. The zero-order valence-electron chi connectivity index (χ0n) is 17.8. The van der Waals surface area contributed by atoms with Gasteiger partial charge in [-0.2, -0.15) is 0 Å². The number of aromatic carboxylic acids is 2. The van der Waals surface area contributed by atoms with Gasteiger partial charge in [0.1, 0.15) is 5.75 Å². The first-order valence-corrected chi connectivity index (χ1v) is 13.3. The van der Waals surface area contributed by atoms with Crippen molar-refractivity contribution < 1.29 is 48.6 Å². The molecule has 0 saturated carbocycles. The molecule has 0 spiro atoms. The fraction of sp³-hybridized carbons (Fsp3) is 0.600. The van der Waals surface area contributed by atoms with E-state index in [1.165, 1.54) is 0 Å². The smallest absolute Gasteiger partial charge is 0.338 e. The van der Waals surface area contributed by atoms with Gasteiger partial charge in [-0.05, 0) is 74.2 Å². The molecule has 188 valence electrons. The molecule has 1 rings (SSSR count). The van der Waals surface area contributed by atoms with Crippen LogP contribution in [0.15, 0.2) is 0 Å². The summed E-state index contributed by atoms with van der Waals surface area (Å²) in [5.41, 5.74) is -0.147. The van der Waals surface area contributed by atoms with Gasteiger partial charge in [-0.1, -0.05) is 0 Å². The van der Waals surface area contributed by atoms with Crippen LogP contribution in [-0.4, -0.2) is 93.3 Å². The van der Waals surface area contributed by atoms with Gasteiger partial charge in [-0.3, -0.25) is 0 Å². The van der Waals surface area contributed by atoms with Crippen molar-refractivity contribution >= 4 is 79.7 Å². The Morgan fingerprint density at radius 3 is 1.39 bits per heavy atom. The van der Waals surface area contributed by atoms with Gasteiger partial charge < -0.3 is 39.0 Å². The summed E-state index contributed by atoms with van der Waals surface area (Å²) in [6.07, 6.45) is 1.17. The Morgan fingerprint density at radius 1 is 0.606 bits per heavy atom. The molecular formula is C20H27I3O10. The summed E-state index contributed by atoms with van der Waals surface area (Å²) >= 11 is 5.48. The number of rotatable bonds is 19. The lowest BCUT2D eigenvalue weighted by atomic mass is 10.1. The second-order valence-corrected chi connectivity index (χ2v) is 9.60. The lowest BCUT2D eigenvalue weighted by molar-refractivity contribution is -0.00381. The quantitative estimate of drug-likeness (QED) is 0.141. The van der Waals surface area contributed by atoms with E-state index in [1.54, 1.807) is 22.6 Å². The summed E-state index contributed by atoms with van der Waals surface area (Å²) < 4.78 is 28.1. The van der Waals surface area contributed by atoms with Crippen LogP contribution in [0.25, 0.3) is 0 Å².